The van der Waals surface area contributed by atoms with Crippen LogP contribution >= 0.6 is 0 Å². The summed E-state index contributed by atoms with van der Waals surface area (Å²) >= 11 is 0. The fourth-order valence-corrected chi connectivity index (χ4v) is 2.80. The molecule has 0 spiro atoms. The second-order valence-corrected chi connectivity index (χ2v) is 5.83. The van der Waals surface area contributed by atoms with Crippen LogP contribution in [0.4, 0.5) is 0 Å². The van der Waals surface area contributed by atoms with Crippen LogP contribution < -0.4 is 5.32 Å². The van der Waals surface area contributed by atoms with E-state index in [4.69, 9.17) is 9.94 Å². The predicted molar refractivity (Wildman–Crippen MR) is 94.6 cm³/mol. The van der Waals surface area contributed by atoms with Gasteiger partial charge in [-0.15, -0.1) is 0 Å². The Morgan fingerprint density at radius 2 is 1.60 bits per heavy atom. The Morgan fingerprint density at radius 3 is 2.16 bits per heavy atom. The number of benzene rings is 2. The van der Waals surface area contributed by atoms with Gasteiger partial charge >= 0.3 is 5.97 Å². The molecule has 1 unspecified atom stereocenters. The van der Waals surface area contributed by atoms with E-state index in [-0.39, 0.29) is 19.6 Å². The average Bonchev–Trinajstić information content (AvgIpc) is 2.93. The Balaban J connectivity index is 1.61. The standard InChI is InChI=1S/C19H20N2O4/c22-13(11-20-10-9-18(23)24)12-25-21-19-16-7-3-1-5-14(16)15-6-2-4-8-17(15)19/h1-8,13,20,22H,9-12H2,(H,23,24). The lowest BCUT2D eigenvalue weighted by Crippen LogP contribution is -2.31. The molecule has 130 valence electrons. The van der Waals surface area contributed by atoms with E-state index in [1.54, 1.807) is 0 Å². The summed E-state index contributed by atoms with van der Waals surface area (Å²) in [7, 11) is 0. The van der Waals surface area contributed by atoms with Crippen molar-refractivity contribution < 1.29 is 19.8 Å². The van der Waals surface area contributed by atoms with Crippen LogP contribution in [0.15, 0.2) is 53.7 Å². The van der Waals surface area contributed by atoms with E-state index in [9.17, 15) is 9.90 Å². The number of nitrogens with zero attached hydrogens (tertiary/aromatic N) is 1. The van der Waals surface area contributed by atoms with Gasteiger partial charge in [0.25, 0.3) is 0 Å². The van der Waals surface area contributed by atoms with E-state index in [1.165, 1.54) is 0 Å². The first-order chi connectivity index (χ1) is 12.2. The zero-order valence-electron chi connectivity index (χ0n) is 13.7. The molecule has 0 saturated heterocycles. The first-order valence-corrected chi connectivity index (χ1v) is 8.16. The van der Waals surface area contributed by atoms with Crippen LogP contribution in [0.1, 0.15) is 17.5 Å². The highest BCUT2D eigenvalue weighted by molar-refractivity contribution is 6.24. The molecule has 0 amide bonds. The summed E-state index contributed by atoms with van der Waals surface area (Å²) in [5.74, 6) is -0.872. The molecule has 1 atom stereocenters. The fraction of sp³-hybridized carbons (Fsp3) is 0.263. The van der Waals surface area contributed by atoms with Crippen LogP contribution in [0.25, 0.3) is 11.1 Å². The quantitative estimate of drug-likeness (QED) is 0.430. The maximum absolute atomic E-state index is 10.4. The van der Waals surface area contributed by atoms with Crippen molar-refractivity contribution in [1.82, 2.24) is 5.32 Å². The van der Waals surface area contributed by atoms with Gasteiger partial charge < -0.3 is 20.4 Å². The molecule has 3 rings (SSSR count). The highest BCUT2D eigenvalue weighted by Gasteiger charge is 2.24. The van der Waals surface area contributed by atoms with Crippen LogP contribution in [0.5, 0.6) is 0 Å². The fourth-order valence-electron chi connectivity index (χ4n) is 2.80. The minimum Gasteiger partial charge on any atom is -0.481 e. The Hall–Kier alpha value is -2.70. The molecule has 1 aliphatic rings. The van der Waals surface area contributed by atoms with E-state index in [0.717, 1.165) is 28.0 Å². The first-order valence-electron chi connectivity index (χ1n) is 8.16. The van der Waals surface area contributed by atoms with Crippen LogP contribution in [-0.4, -0.2) is 47.7 Å². The second kappa shape index (κ2) is 7.92. The average molecular weight is 340 g/mol. The monoisotopic (exact) mass is 340 g/mol. The van der Waals surface area contributed by atoms with E-state index in [2.05, 4.69) is 22.6 Å². The number of hydrogen-bond donors (Lipinski definition) is 3. The maximum atomic E-state index is 10.4. The van der Waals surface area contributed by atoms with Crippen molar-refractivity contribution in [3.63, 3.8) is 0 Å². The van der Waals surface area contributed by atoms with Gasteiger partial charge in [0.15, 0.2) is 0 Å². The topological polar surface area (TPSA) is 91.2 Å². The Kier molecular flexibility index (Phi) is 5.42. The largest absolute Gasteiger partial charge is 0.481 e. The van der Waals surface area contributed by atoms with Gasteiger partial charge in [-0.2, -0.15) is 0 Å². The molecule has 6 nitrogen and oxygen atoms in total. The molecule has 0 saturated carbocycles. The van der Waals surface area contributed by atoms with Crippen molar-refractivity contribution in [2.24, 2.45) is 5.16 Å². The molecule has 0 bridgehead atoms. The summed E-state index contributed by atoms with van der Waals surface area (Å²) in [5, 5.41) is 25.5. The third kappa shape index (κ3) is 4.04. The van der Waals surface area contributed by atoms with Gasteiger partial charge in [-0.1, -0.05) is 53.7 Å². The molecule has 2 aromatic carbocycles. The number of aliphatic hydroxyl groups excluding tert-OH is 1. The van der Waals surface area contributed by atoms with Crippen molar-refractivity contribution in [3.8, 4) is 11.1 Å². The van der Waals surface area contributed by atoms with Crippen molar-refractivity contribution in [2.75, 3.05) is 19.7 Å². The van der Waals surface area contributed by atoms with Crippen LogP contribution in [0, 0.1) is 0 Å². The van der Waals surface area contributed by atoms with Gasteiger partial charge in [0.1, 0.15) is 18.4 Å². The van der Waals surface area contributed by atoms with Gasteiger partial charge in [0.05, 0.1) is 6.42 Å². The number of carboxylic acid groups (broad SMARTS) is 1. The molecule has 1 aliphatic carbocycles. The summed E-state index contributed by atoms with van der Waals surface area (Å²) in [4.78, 5) is 15.8. The summed E-state index contributed by atoms with van der Waals surface area (Å²) in [5.41, 5.74) is 5.03. The van der Waals surface area contributed by atoms with Crippen LogP contribution in [-0.2, 0) is 9.63 Å². The summed E-state index contributed by atoms with van der Waals surface area (Å²) in [6, 6.07) is 16.0. The third-order valence-electron chi connectivity index (χ3n) is 3.97. The smallest absolute Gasteiger partial charge is 0.304 e. The maximum Gasteiger partial charge on any atom is 0.304 e. The van der Waals surface area contributed by atoms with Crippen LogP contribution in [0.2, 0.25) is 0 Å². The minimum atomic E-state index is -0.872. The summed E-state index contributed by atoms with van der Waals surface area (Å²) in [6.45, 7) is 0.598. The van der Waals surface area contributed by atoms with E-state index < -0.39 is 12.1 Å². The Labute approximate surface area is 145 Å². The lowest BCUT2D eigenvalue weighted by atomic mass is 10.1. The normalized spacial score (nSPS) is 13.1. The SMILES string of the molecule is O=C(O)CCNCC(O)CON=C1c2ccccc2-c2ccccc21. The molecule has 6 heteroatoms. The van der Waals surface area contributed by atoms with Crippen molar-refractivity contribution >= 4 is 11.7 Å². The molecule has 0 heterocycles. The number of aliphatic hydroxyl groups is 1. The van der Waals surface area contributed by atoms with Crippen molar-refractivity contribution in [1.29, 1.82) is 0 Å². The molecule has 0 aliphatic heterocycles. The number of oxime groups is 1. The number of fused-ring (bicyclic) bond motifs is 3. The van der Waals surface area contributed by atoms with Gasteiger partial charge in [0.2, 0.25) is 0 Å². The zero-order chi connectivity index (χ0) is 17.6. The number of rotatable bonds is 8. The van der Waals surface area contributed by atoms with Crippen molar-refractivity contribution in [3.05, 3.63) is 59.7 Å². The molecular weight excluding hydrogens is 320 g/mol. The number of carboxylic acids is 1. The van der Waals surface area contributed by atoms with E-state index in [1.807, 2.05) is 36.4 Å². The van der Waals surface area contributed by atoms with E-state index >= 15 is 0 Å². The molecule has 0 aromatic heterocycles. The molecule has 0 fully saturated rings. The van der Waals surface area contributed by atoms with Crippen molar-refractivity contribution in [2.45, 2.75) is 12.5 Å². The summed E-state index contributed by atoms with van der Waals surface area (Å²) in [6.07, 6.45) is -0.742. The third-order valence-corrected chi connectivity index (χ3v) is 3.97. The summed E-state index contributed by atoms with van der Waals surface area (Å²) < 4.78 is 0. The number of hydrogen-bond acceptors (Lipinski definition) is 5. The van der Waals surface area contributed by atoms with Gasteiger partial charge in [-0.3, -0.25) is 4.79 Å². The minimum absolute atomic E-state index is 0.0173. The predicted octanol–water partition coefficient (Wildman–Crippen LogP) is 1.86. The van der Waals surface area contributed by atoms with Gasteiger partial charge in [-0.25, -0.2) is 0 Å². The van der Waals surface area contributed by atoms with E-state index in [0.29, 0.717) is 6.54 Å². The highest BCUT2D eigenvalue weighted by atomic mass is 16.6. The zero-order valence-corrected chi connectivity index (χ0v) is 13.7. The first kappa shape index (κ1) is 17.1. The van der Waals surface area contributed by atoms with Gasteiger partial charge in [-0.05, 0) is 11.1 Å². The van der Waals surface area contributed by atoms with Gasteiger partial charge in [0, 0.05) is 24.2 Å². The number of carbonyl (C=O) groups is 1. The molecule has 3 N–H and O–H groups in total. The lowest BCUT2D eigenvalue weighted by Gasteiger charge is -2.10. The number of nitrogens with one attached hydrogen (secondary N) is 1. The molecule has 2 aromatic rings. The number of aliphatic carboxylic acids is 1. The Bertz CT molecular complexity index is 741. The molecule has 0 radical (unpaired) electrons. The highest BCUT2D eigenvalue weighted by Crippen LogP contribution is 2.36. The van der Waals surface area contributed by atoms with Crippen LogP contribution in [0.3, 0.4) is 0 Å². The lowest BCUT2D eigenvalue weighted by molar-refractivity contribution is -0.136. The Morgan fingerprint density at radius 1 is 1.04 bits per heavy atom. The second-order valence-electron chi connectivity index (χ2n) is 5.83. The molecular formula is C19H20N2O4. The molecule has 25 heavy (non-hydrogen) atoms.